The van der Waals surface area contributed by atoms with Crippen molar-refractivity contribution in [3.05, 3.63) is 55.9 Å². The van der Waals surface area contributed by atoms with E-state index in [-0.39, 0.29) is 38.3 Å². The van der Waals surface area contributed by atoms with Crippen LogP contribution in [0.25, 0.3) is 11.3 Å². The van der Waals surface area contributed by atoms with E-state index in [1.807, 2.05) is 53.8 Å². The molecule has 0 aliphatic heterocycles. The first-order valence-corrected chi connectivity index (χ1v) is 6.02. The predicted octanol–water partition coefficient (Wildman–Crippen LogP) is 2.76. The Kier molecular flexibility index (Phi) is 5.54. The van der Waals surface area contributed by atoms with Gasteiger partial charge in [-0.2, -0.15) is 12.1 Å². The number of hydrogen-bond acceptors (Lipinski definition) is 1. The maximum atomic E-state index is 11.8. The Bertz CT molecular complexity index is 592. The largest absolute Gasteiger partial charge is 0.345 e. The zero-order valence-electron chi connectivity index (χ0n) is 9.70. The molecule has 0 atom stereocenters. The van der Waals surface area contributed by atoms with Gasteiger partial charge in [-0.3, -0.25) is 4.79 Å². The van der Waals surface area contributed by atoms with Crippen LogP contribution in [0.4, 0.5) is 0 Å². The quantitative estimate of drug-likeness (QED) is 0.521. The Labute approximate surface area is 139 Å². The first-order valence-electron chi connectivity index (χ1n) is 4.94. The van der Waals surface area contributed by atoms with Crippen molar-refractivity contribution in [3.8, 4) is 11.3 Å². The fourth-order valence-corrected chi connectivity index (χ4v) is 2.17. The third-order valence-corrected chi connectivity index (χ3v) is 3.35. The Morgan fingerprint density at radius 2 is 1.94 bits per heavy atom. The van der Waals surface area contributed by atoms with E-state index in [1.54, 1.807) is 17.7 Å². The normalized spacial score (nSPS) is 9.82. The van der Waals surface area contributed by atoms with Gasteiger partial charge >= 0.3 is 0 Å². The summed E-state index contributed by atoms with van der Waals surface area (Å²) in [6, 6.07) is 12.9. The predicted molar refractivity (Wildman–Crippen MR) is 73.4 cm³/mol. The van der Waals surface area contributed by atoms with E-state index >= 15 is 0 Å². The summed E-state index contributed by atoms with van der Waals surface area (Å²) in [5, 5.41) is 0. The van der Waals surface area contributed by atoms with Gasteiger partial charge in [-0.15, -0.1) is 28.7 Å². The van der Waals surface area contributed by atoms with Crippen molar-refractivity contribution in [1.29, 1.82) is 0 Å². The van der Waals surface area contributed by atoms with Crippen molar-refractivity contribution >= 4 is 22.6 Å². The number of halogens is 1. The summed E-state index contributed by atoms with van der Waals surface area (Å²) in [6.45, 7) is 2.03. The van der Waals surface area contributed by atoms with Gasteiger partial charge in [0.25, 0.3) is 0 Å². The van der Waals surface area contributed by atoms with Gasteiger partial charge in [0, 0.05) is 39.8 Å². The minimum absolute atomic E-state index is 0. The molecule has 1 radical (unpaired) electrons. The molecule has 2 nitrogen and oxygen atoms in total. The molecule has 0 spiro atoms. The minimum Gasteiger partial charge on any atom is -0.345 e. The summed E-state index contributed by atoms with van der Waals surface area (Å²) in [7, 11) is 1.78. The maximum Gasteiger partial charge on any atom is 0.207 e. The van der Waals surface area contributed by atoms with Crippen LogP contribution in [0.2, 0.25) is 0 Å². The Morgan fingerprint density at radius 1 is 1.29 bits per heavy atom. The molecule has 0 unspecified atom stereocenters. The van der Waals surface area contributed by atoms with Crippen molar-refractivity contribution in [1.82, 2.24) is 4.57 Å². The van der Waals surface area contributed by atoms with E-state index in [4.69, 9.17) is 0 Å². The number of benzene rings is 1. The Hall–Kier alpha value is 0.00390. The molecule has 0 saturated carbocycles. The summed E-state index contributed by atoms with van der Waals surface area (Å²) in [5.74, 6) is 0. The van der Waals surface area contributed by atoms with E-state index in [1.165, 1.54) is 0 Å². The van der Waals surface area contributed by atoms with Gasteiger partial charge in [-0.25, -0.2) is 0 Å². The van der Waals surface area contributed by atoms with Gasteiger partial charge in [-0.05, 0) is 3.57 Å². The average Bonchev–Trinajstić information content (AvgIpc) is 2.28. The molecule has 4 heteroatoms. The fraction of sp³-hybridized carbons (Fsp3) is 0.154. The van der Waals surface area contributed by atoms with Gasteiger partial charge in [-0.1, -0.05) is 41.9 Å². The van der Waals surface area contributed by atoms with Crippen LogP contribution in [0.1, 0.15) is 5.56 Å². The SMILES string of the molecule is Cc1ccccc1-c1[c-]cc(I)c(=O)n1C.[Y]. The van der Waals surface area contributed by atoms with E-state index < -0.39 is 0 Å². The second-order valence-corrected chi connectivity index (χ2v) is 4.83. The molecule has 85 valence electrons. The van der Waals surface area contributed by atoms with Crippen LogP contribution >= 0.6 is 22.6 Å². The number of aromatic nitrogens is 1. The van der Waals surface area contributed by atoms with Gasteiger partial charge in [0.05, 0.1) is 0 Å². The van der Waals surface area contributed by atoms with Crippen LogP contribution in [-0.2, 0) is 39.8 Å². The van der Waals surface area contributed by atoms with Gasteiger partial charge in [0.1, 0.15) is 0 Å². The van der Waals surface area contributed by atoms with E-state index in [2.05, 4.69) is 6.07 Å². The fourth-order valence-electron chi connectivity index (χ4n) is 1.65. The van der Waals surface area contributed by atoms with Crippen molar-refractivity contribution in [2.24, 2.45) is 7.05 Å². The molecule has 0 amide bonds. The van der Waals surface area contributed by atoms with Crippen molar-refractivity contribution in [3.63, 3.8) is 0 Å². The third-order valence-electron chi connectivity index (χ3n) is 2.58. The van der Waals surface area contributed by atoms with Crippen molar-refractivity contribution in [2.75, 3.05) is 0 Å². The third kappa shape index (κ3) is 3.06. The summed E-state index contributed by atoms with van der Waals surface area (Å²) < 4.78 is 2.34. The molecule has 1 aromatic carbocycles. The standard InChI is InChI=1S/C13H11INO.Y/c1-9-5-3-4-6-10(9)12-8-7-11(14)13(16)15(12)2;/h3-7H,1-2H3;/q-1;. The molecule has 0 aliphatic rings. The summed E-state index contributed by atoms with van der Waals surface area (Å²) >= 11 is 2.03. The topological polar surface area (TPSA) is 22.0 Å². The molecular weight excluding hydrogens is 402 g/mol. The summed E-state index contributed by atoms with van der Waals surface area (Å²) in [4.78, 5) is 11.8. The second-order valence-electron chi connectivity index (χ2n) is 3.66. The molecule has 1 aromatic heterocycles. The zero-order valence-corrected chi connectivity index (χ0v) is 14.7. The molecule has 17 heavy (non-hydrogen) atoms. The van der Waals surface area contributed by atoms with E-state index in [0.717, 1.165) is 16.8 Å². The van der Waals surface area contributed by atoms with Crippen LogP contribution in [0.15, 0.2) is 35.1 Å². The summed E-state index contributed by atoms with van der Waals surface area (Å²) in [6.07, 6.45) is 0. The molecule has 0 aliphatic carbocycles. The van der Waals surface area contributed by atoms with Crippen LogP contribution < -0.4 is 5.56 Å². The molecule has 0 fully saturated rings. The first-order chi connectivity index (χ1) is 7.61. The maximum absolute atomic E-state index is 11.8. The van der Waals surface area contributed by atoms with Crippen LogP contribution in [-0.4, -0.2) is 4.57 Å². The smallest absolute Gasteiger partial charge is 0.207 e. The molecule has 2 aromatic rings. The molecule has 0 saturated heterocycles. The Balaban J connectivity index is 0.00000144. The number of rotatable bonds is 1. The van der Waals surface area contributed by atoms with Crippen LogP contribution in [0.5, 0.6) is 0 Å². The zero-order chi connectivity index (χ0) is 11.7. The first kappa shape index (κ1) is 15.1. The van der Waals surface area contributed by atoms with Crippen LogP contribution in [0, 0.1) is 16.6 Å². The molecule has 0 N–H and O–H groups in total. The van der Waals surface area contributed by atoms with Crippen molar-refractivity contribution in [2.45, 2.75) is 6.92 Å². The number of nitrogens with zero attached hydrogens (tertiary/aromatic N) is 1. The number of aryl methyl sites for hydroxylation is 1. The Morgan fingerprint density at radius 3 is 2.59 bits per heavy atom. The van der Waals surface area contributed by atoms with E-state index in [0.29, 0.717) is 3.57 Å². The molecule has 1 heterocycles. The van der Waals surface area contributed by atoms with Crippen molar-refractivity contribution < 1.29 is 32.7 Å². The number of pyridine rings is 1. The van der Waals surface area contributed by atoms with Crippen LogP contribution in [0.3, 0.4) is 0 Å². The van der Waals surface area contributed by atoms with Gasteiger partial charge in [0.15, 0.2) is 0 Å². The van der Waals surface area contributed by atoms with Gasteiger partial charge in [0.2, 0.25) is 5.56 Å². The van der Waals surface area contributed by atoms with E-state index in [9.17, 15) is 4.79 Å². The monoisotopic (exact) mass is 413 g/mol. The molecule has 0 bridgehead atoms. The summed E-state index contributed by atoms with van der Waals surface area (Å²) in [5.41, 5.74) is 3.06. The second kappa shape index (κ2) is 6.25. The number of hydrogen-bond donors (Lipinski definition) is 0. The molecule has 2 rings (SSSR count). The molecular formula is C13H11INOY-. The van der Waals surface area contributed by atoms with Gasteiger partial charge < -0.3 is 4.57 Å². The average molecular weight is 413 g/mol. The minimum atomic E-state index is 0.